The third-order valence-corrected chi connectivity index (χ3v) is 4.22. The SMILES string of the molecule is COc1ccc(-c2nn3c(=O)c(NC(=O)c4ccccc4OC)cnc3o2)cc1. The molecule has 4 rings (SSSR count). The van der Waals surface area contributed by atoms with Gasteiger partial charge in [-0.2, -0.15) is 0 Å². The van der Waals surface area contributed by atoms with Crippen LogP contribution in [0.15, 0.2) is 63.9 Å². The minimum absolute atomic E-state index is 0.0103. The summed E-state index contributed by atoms with van der Waals surface area (Å²) >= 11 is 0. The molecule has 0 aliphatic heterocycles. The molecule has 29 heavy (non-hydrogen) atoms. The van der Waals surface area contributed by atoms with Crippen molar-refractivity contribution in [3.8, 4) is 23.0 Å². The molecule has 0 aliphatic carbocycles. The van der Waals surface area contributed by atoms with Crippen molar-refractivity contribution in [2.24, 2.45) is 0 Å². The van der Waals surface area contributed by atoms with Crippen molar-refractivity contribution in [1.29, 1.82) is 0 Å². The molecule has 0 fully saturated rings. The van der Waals surface area contributed by atoms with E-state index in [1.807, 2.05) is 0 Å². The van der Waals surface area contributed by atoms with Crippen LogP contribution in [0.1, 0.15) is 10.4 Å². The fourth-order valence-corrected chi connectivity index (χ4v) is 2.74. The van der Waals surface area contributed by atoms with Gasteiger partial charge in [-0.3, -0.25) is 9.59 Å². The van der Waals surface area contributed by atoms with Crippen LogP contribution in [0.5, 0.6) is 11.5 Å². The molecule has 2 aromatic carbocycles. The third-order valence-electron chi connectivity index (χ3n) is 4.22. The number of benzene rings is 2. The minimum Gasteiger partial charge on any atom is -0.497 e. The molecule has 146 valence electrons. The van der Waals surface area contributed by atoms with Crippen LogP contribution in [0.2, 0.25) is 0 Å². The van der Waals surface area contributed by atoms with Gasteiger partial charge in [0.25, 0.3) is 5.91 Å². The summed E-state index contributed by atoms with van der Waals surface area (Å²) in [4.78, 5) is 29.4. The molecule has 9 nitrogen and oxygen atoms in total. The summed E-state index contributed by atoms with van der Waals surface area (Å²) in [5, 5.41) is 6.72. The Morgan fingerprint density at radius 1 is 1.07 bits per heavy atom. The van der Waals surface area contributed by atoms with E-state index in [4.69, 9.17) is 13.9 Å². The van der Waals surface area contributed by atoms with Crippen LogP contribution in [0.4, 0.5) is 5.69 Å². The third kappa shape index (κ3) is 3.41. The highest BCUT2D eigenvalue weighted by Gasteiger charge is 2.17. The number of hydrogen-bond donors (Lipinski definition) is 1. The van der Waals surface area contributed by atoms with Gasteiger partial charge in [0.15, 0.2) is 0 Å². The van der Waals surface area contributed by atoms with Crippen LogP contribution in [0.3, 0.4) is 0 Å². The lowest BCUT2D eigenvalue weighted by Gasteiger charge is -2.08. The molecular formula is C20H16N4O5. The molecule has 4 aromatic rings. The first-order valence-corrected chi connectivity index (χ1v) is 8.58. The molecule has 2 aromatic heterocycles. The van der Waals surface area contributed by atoms with Crippen LogP contribution in [0.25, 0.3) is 17.3 Å². The lowest BCUT2D eigenvalue weighted by atomic mass is 10.2. The Kier molecular flexibility index (Phi) is 4.70. The van der Waals surface area contributed by atoms with E-state index in [2.05, 4.69) is 15.4 Å². The average Bonchev–Trinajstić information content (AvgIpc) is 3.21. The van der Waals surface area contributed by atoms with E-state index in [9.17, 15) is 9.59 Å². The first-order chi connectivity index (χ1) is 14.1. The van der Waals surface area contributed by atoms with Crippen molar-refractivity contribution in [3.63, 3.8) is 0 Å². The summed E-state index contributed by atoms with van der Waals surface area (Å²) in [6.45, 7) is 0. The number of methoxy groups -OCH3 is 2. The van der Waals surface area contributed by atoms with Crippen LogP contribution < -0.4 is 20.3 Å². The second kappa shape index (κ2) is 7.47. The van der Waals surface area contributed by atoms with Gasteiger partial charge in [0.05, 0.1) is 26.0 Å². The Labute approximate surface area is 164 Å². The van der Waals surface area contributed by atoms with Gasteiger partial charge in [-0.1, -0.05) is 12.1 Å². The highest BCUT2D eigenvalue weighted by Crippen LogP contribution is 2.22. The number of hydrogen-bond acceptors (Lipinski definition) is 7. The molecule has 1 N–H and O–H groups in total. The number of carbonyl (C=O) groups is 1. The number of fused-ring (bicyclic) bond motifs is 1. The van der Waals surface area contributed by atoms with Crippen molar-refractivity contribution >= 4 is 17.4 Å². The zero-order valence-corrected chi connectivity index (χ0v) is 15.6. The fraction of sp³-hybridized carbons (Fsp3) is 0.100. The van der Waals surface area contributed by atoms with Gasteiger partial charge < -0.3 is 19.2 Å². The maximum absolute atomic E-state index is 12.7. The summed E-state index contributed by atoms with van der Waals surface area (Å²) in [5.74, 6) is 0.797. The number of amides is 1. The first kappa shape index (κ1) is 18.2. The lowest BCUT2D eigenvalue weighted by molar-refractivity contribution is 0.102. The van der Waals surface area contributed by atoms with E-state index >= 15 is 0 Å². The molecule has 1 amide bonds. The number of aromatic nitrogens is 3. The largest absolute Gasteiger partial charge is 0.497 e. The highest BCUT2D eigenvalue weighted by atomic mass is 16.5. The van der Waals surface area contributed by atoms with Crippen LogP contribution in [-0.4, -0.2) is 34.7 Å². The van der Waals surface area contributed by atoms with E-state index in [1.54, 1.807) is 55.6 Å². The maximum Gasteiger partial charge on any atom is 0.328 e. The van der Waals surface area contributed by atoms with Crippen molar-refractivity contribution in [2.75, 3.05) is 19.5 Å². The molecule has 0 unspecified atom stereocenters. The molecule has 0 atom stereocenters. The van der Waals surface area contributed by atoms with Crippen molar-refractivity contribution in [2.45, 2.75) is 0 Å². The molecule has 2 heterocycles. The van der Waals surface area contributed by atoms with Gasteiger partial charge in [-0.25, -0.2) is 4.98 Å². The number of ether oxygens (including phenoxy) is 2. The monoisotopic (exact) mass is 392 g/mol. The predicted octanol–water partition coefficient (Wildman–Crippen LogP) is 2.62. The fourth-order valence-electron chi connectivity index (χ4n) is 2.74. The molecule has 0 bridgehead atoms. The lowest BCUT2D eigenvalue weighted by Crippen LogP contribution is -2.23. The molecule has 0 saturated heterocycles. The Bertz CT molecular complexity index is 1240. The van der Waals surface area contributed by atoms with Gasteiger partial charge in [-0.05, 0) is 36.4 Å². The van der Waals surface area contributed by atoms with Crippen LogP contribution >= 0.6 is 0 Å². The quantitative estimate of drug-likeness (QED) is 0.556. The van der Waals surface area contributed by atoms with E-state index in [0.29, 0.717) is 22.6 Å². The first-order valence-electron chi connectivity index (χ1n) is 8.58. The Morgan fingerprint density at radius 2 is 1.83 bits per heavy atom. The van der Waals surface area contributed by atoms with Crippen LogP contribution in [-0.2, 0) is 0 Å². The standard InChI is InChI=1S/C20H16N4O5/c1-27-13-9-7-12(8-10-13)18-23-24-19(26)15(11-21-20(24)29-18)22-17(25)14-5-3-4-6-16(14)28-2/h3-11H,1-2H3,(H,22,25). The van der Waals surface area contributed by atoms with Gasteiger partial charge in [0.2, 0.25) is 5.89 Å². The molecule has 0 saturated carbocycles. The van der Waals surface area contributed by atoms with Gasteiger partial charge in [0.1, 0.15) is 17.2 Å². The van der Waals surface area contributed by atoms with E-state index in [0.717, 1.165) is 4.52 Å². The number of carbonyl (C=O) groups excluding carboxylic acids is 1. The van der Waals surface area contributed by atoms with Crippen molar-refractivity contribution < 1.29 is 18.7 Å². The van der Waals surface area contributed by atoms with Gasteiger partial charge in [0, 0.05) is 5.56 Å². The normalized spacial score (nSPS) is 10.7. The summed E-state index contributed by atoms with van der Waals surface area (Å²) in [6, 6.07) is 13.7. The Hall–Kier alpha value is -4.14. The summed E-state index contributed by atoms with van der Waals surface area (Å²) in [5.41, 5.74) is 0.337. The minimum atomic E-state index is -0.568. The number of para-hydroxylation sites is 1. The number of nitrogens with one attached hydrogen (secondary N) is 1. The molecule has 0 radical (unpaired) electrons. The topological polar surface area (TPSA) is 108 Å². The van der Waals surface area contributed by atoms with E-state index < -0.39 is 11.5 Å². The Balaban J connectivity index is 1.67. The van der Waals surface area contributed by atoms with Crippen molar-refractivity contribution in [1.82, 2.24) is 14.6 Å². The molecular weight excluding hydrogens is 376 g/mol. The summed E-state index contributed by atoms with van der Waals surface area (Å²) in [6.07, 6.45) is 1.23. The van der Waals surface area contributed by atoms with E-state index in [1.165, 1.54) is 13.3 Å². The average molecular weight is 392 g/mol. The van der Waals surface area contributed by atoms with Crippen LogP contribution in [0, 0.1) is 0 Å². The van der Waals surface area contributed by atoms with E-state index in [-0.39, 0.29) is 17.4 Å². The highest BCUT2D eigenvalue weighted by molar-refractivity contribution is 6.06. The number of nitrogens with zero attached hydrogens (tertiary/aromatic N) is 3. The molecule has 9 heteroatoms. The smallest absolute Gasteiger partial charge is 0.328 e. The van der Waals surface area contributed by atoms with Crippen molar-refractivity contribution in [3.05, 3.63) is 70.6 Å². The second-order valence-corrected chi connectivity index (χ2v) is 5.96. The second-order valence-electron chi connectivity index (χ2n) is 5.96. The zero-order chi connectivity index (χ0) is 20.4. The Morgan fingerprint density at radius 3 is 2.55 bits per heavy atom. The number of rotatable bonds is 5. The van der Waals surface area contributed by atoms with Gasteiger partial charge in [-0.15, -0.1) is 9.61 Å². The molecule has 0 aliphatic rings. The maximum atomic E-state index is 12.7. The summed E-state index contributed by atoms with van der Waals surface area (Å²) in [7, 11) is 3.03. The molecule has 0 spiro atoms. The van der Waals surface area contributed by atoms with Gasteiger partial charge >= 0.3 is 11.4 Å². The predicted molar refractivity (Wildman–Crippen MR) is 104 cm³/mol. The zero-order valence-electron chi connectivity index (χ0n) is 15.6. The summed E-state index contributed by atoms with van der Waals surface area (Å²) < 4.78 is 16.9. The number of anilines is 1.